The minimum atomic E-state index is -0.193. The Balaban J connectivity index is 2.21. The molecule has 4 nitrogen and oxygen atoms in total. The van der Waals surface area contributed by atoms with Crippen LogP contribution in [0.5, 0.6) is 0 Å². The average Bonchev–Trinajstić information content (AvgIpc) is 2.70. The van der Waals surface area contributed by atoms with E-state index in [1.54, 1.807) is 6.20 Å². The molecule has 0 aliphatic heterocycles. The summed E-state index contributed by atoms with van der Waals surface area (Å²) in [5.74, 6) is 3.73. The van der Waals surface area contributed by atoms with Gasteiger partial charge in [0.25, 0.3) is 5.56 Å². The molecule has 0 saturated heterocycles. The fourth-order valence-corrected chi connectivity index (χ4v) is 2.95. The van der Waals surface area contributed by atoms with Crippen molar-refractivity contribution in [1.82, 2.24) is 9.78 Å². The van der Waals surface area contributed by atoms with Gasteiger partial charge in [-0.15, -0.1) is 6.42 Å². The van der Waals surface area contributed by atoms with Gasteiger partial charge in [-0.1, -0.05) is 19.8 Å². The molecule has 0 amide bonds. The van der Waals surface area contributed by atoms with Crippen LogP contribution in [0.3, 0.4) is 0 Å². The average molecular weight is 324 g/mol. The highest BCUT2D eigenvalue weighted by atomic mass is 79.9. The maximum atomic E-state index is 12.0. The standard InChI is InChI=1S/C14H18BrN3O/c1-4-7-18-14(19)13(15)12(8-16-18)17-11-6-5-9(2)10(11)3/h1,8-11,17H,5-7H2,2-3H3. The first-order chi connectivity index (χ1) is 9.04. The Morgan fingerprint density at radius 1 is 1.58 bits per heavy atom. The Labute approximate surface area is 121 Å². The Bertz CT molecular complexity index is 561. The van der Waals surface area contributed by atoms with Crippen molar-refractivity contribution >= 4 is 21.6 Å². The molecular formula is C14H18BrN3O. The summed E-state index contributed by atoms with van der Waals surface area (Å²) in [4.78, 5) is 12.0. The summed E-state index contributed by atoms with van der Waals surface area (Å²) in [5, 5.41) is 7.51. The second kappa shape index (κ2) is 5.79. The fraction of sp³-hybridized carbons (Fsp3) is 0.571. The van der Waals surface area contributed by atoms with E-state index in [1.165, 1.54) is 11.1 Å². The number of nitrogens with one attached hydrogen (secondary N) is 1. The van der Waals surface area contributed by atoms with Crippen LogP contribution in [-0.4, -0.2) is 15.8 Å². The van der Waals surface area contributed by atoms with Crippen molar-refractivity contribution in [3.63, 3.8) is 0 Å². The minimum absolute atomic E-state index is 0.189. The second-order valence-electron chi connectivity index (χ2n) is 5.20. The van der Waals surface area contributed by atoms with Crippen molar-refractivity contribution < 1.29 is 0 Å². The van der Waals surface area contributed by atoms with Gasteiger partial charge in [-0.2, -0.15) is 5.10 Å². The molecule has 3 unspecified atom stereocenters. The Hall–Kier alpha value is -1.28. The van der Waals surface area contributed by atoms with E-state index in [2.05, 4.69) is 46.1 Å². The number of aromatic nitrogens is 2. The lowest BCUT2D eigenvalue weighted by molar-refractivity contribution is 0.435. The molecule has 2 rings (SSSR count). The van der Waals surface area contributed by atoms with Crippen molar-refractivity contribution in [3.8, 4) is 12.3 Å². The Morgan fingerprint density at radius 3 is 2.89 bits per heavy atom. The third kappa shape index (κ3) is 2.84. The number of rotatable bonds is 3. The van der Waals surface area contributed by atoms with Gasteiger partial charge in [-0.05, 0) is 40.6 Å². The molecule has 1 aliphatic carbocycles. The number of hydrogen-bond donors (Lipinski definition) is 1. The minimum Gasteiger partial charge on any atom is -0.380 e. The number of hydrogen-bond acceptors (Lipinski definition) is 3. The Kier molecular flexibility index (Phi) is 4.31. The number of halogens is 1. The first-order valence-electron chi connectivity index (χ1n) is 6.50. The summed E-state index contributed by atoms with van der Waals surface area (Å²) in [5.41, 5.74) is 0.561. The van der Waals surface area contributed by atoms with Gasteiger partial charge < -0.3 is 5.32 Å². The fourth-order valence-electron chi connectivity index (χ4n) is 2.53. The lowest BCUT2D eigenvalue weighted by Crippen LogP contribution is -2.28. The Morgan fingerprint density at radius 2 is 2.32 bits per heavy atom. The molecule has 1 aromatic heterocycles. The lowest BCUT2D eigenvalue weighted by atomic mass is 9.98. The van der Waals surface area contributed by atoms with Crippen molar-refractivity contribution in [3.05, 3.63) is 21.0 Å². The van der Waals surface area contributed by atoms with Crippen LogP contribution in [0.25, 0.3) is 0 Å². The van der Waals surface area contributed by atoms with Crippen LogP contribution in [-0.2, 0) is 6.54 Å². The second-order valence-corrected chi connectivity index (χ2v) is 6.00. The molecule has 0 spiro atoms. The van der Waals surface area contributed by atoms with E-state index in [0.717, 1.165) is 12.1 Å². The largest absolute Gasteiger partial charge is 0.380 e. The quantitative estimate of drug-likeness (QED) is 0.869. The van der Waals surface area contributed by atoms with Crippen molar-refractivity contribution in [1.29, 1.82) is 0 Å². The summed E-state index contributed by atoms with van der Waals surface area (Å²) < 4.78 is 1.78. The van der Waals surface area contributed by atoms with Crippen molar-refractivity contribution in [2.45, 2.75) is 39.3 Å². The zero-order valence-corrected chi connectivity index (χ0v) is 12.8. The van der Waals surface area contributed by atoms with E-state index in [-0.39, 0.29) is 12.1 Å². The predicted octanol–water partition coefficient (Wildman–Crippen LogP) is 2.49. The summed E-state index contributed by atoms with van der Waals surface area (Å²) in [6.07, 6.45) is 9.22. The number of anilines is 1. The highest BCUT2D eigenvalue weighted by molar-refractivity contribution is 9.10. The third-order valence-electron chi connectivity index (χ3n) is 4.03. The van der Waals surface area contributed by atoms with Crippen LogP contribution in [0.4, 0.5) is 5.69 Å². The summed E-state index contributed by atoms with van der Waals surface area (Å²) >= 11 is 3.34. The molecule has 1 aromatic rings. The van der Waals surface area contributed by atoms with Gasteiger partial charge in [0.1, 0.15) is 11.0 Å². The first kappa shape index (κ1) is 14.1. The third-order valence-corrected chi connectivity index (χ3v) is 4.80. The number of nitrogens with zero attached hydrogens (tertiary/aromatic N) is 2. The van der Waals surface area contributed by atoms with E-state index >= 15 is 0 Å². The molecule has 1 N–H and O–H groups in total. The molecule has 1 fully saturated rings. The maximum Gasteiger partial charge on any atom is 0.284 e. The summed E-state index contributed by atoms with van der Waals surface area (Å²) in [7, 11) is 0. The highest BCUT2D eigenvalue weighted by Crippen LogP contribution is 2.33. The van der Waals surface area contributed by atoms with E-state index in [0.29, 0.717) is 22.4 Å². The summed E-state index contributed by atoms with van der Waals surface area (Å²) in [6, 6.07) is 0.399. The molecule has 19 heavy (non-hydrogen) atoms. The zero-order valence-electron chi connectivity index (χ0n) is 11.2. The van der Waals surface area contributed by atoms with Gasteiger partial charge in [0.15, 0.2) is 0 Å². The highest BCUT2D eigenvalue weighted by Gasteiger charge is 2.30. The van der Waals surface area contributed by atoms with Crippen LogP contribution in [0.1, 0.15) is 26.7 Å². The normalized spacial score (nSPS) is 26.1. The molecule has 0 aromatic carbocycles. The monoisotopic (exact) mass is 323 g/mol. The van der Waals surface area contributed by atoms with Crippen LogP contribution < -0.4 is 10.9 Å². The van der Waals surface area contributed by atoms with Crippen LogP contribution in [0.15, 0.2) is 15.5 Å². The molecule has 0 radical (unpaired) electrons. The topological polar surface area (TPSA) is 46.9 Å². The van der Waals surface area contributed by atoms with Gasteiger partial charge >= 0.3 is 0 Å². The van der Waals surface area contributed by atoms with E-state index in [9.17, 15) is 4.79 Å². The van der Waals surface area contributed by atoms with Crippen LogP contribution in [0.2, 0.25) is 0 Å². The van der Waals surface area contributed by atoms with Crippen molar-refractivity contribution in [2.75, 3.05) is 5.32 Å². The lowest BCUT2D eigenvalue weighted by Gasteiger charge is -2.21. The van der Waals surface area contributed by atoms with Gasteiger partial charge in [0, 0.05) is 6.04 Å². The van der Waals surface area contributed by atoms with Crippen LogP contribution in [0, 0.1) is 24.2 Å². The van der Waals surface area contributed by atoms with E-state index < -0.39 is 0 Å². The van der Waals surface area contributed by atoms with E-state index in [1.807, 2.05) is 0 Å². The molecule has 1 aliphatic rings. The molecule has 102 valence electrons. The van der Waals surface area contributed by atoms with Gasteiger partial charge in [-0.3, -0.25) is 4.79 Å². The van der Waals surface area contributed by atoms with Gasteiger partial charge in [-0.25, -0.2) is 4.68 Å². The van der Waals surface area contributed by atoms with Gasteiger partial charge in [0.05, 0.1) is 11.9 Å². The van der Waals surface area contributed by atoms with Crippen LogP contribution >= 0.6 is 15.9 Å². The molecule has 1 saturated carbocycles. The van der Waals surface area contributed by atoms with E-state index in [4.69, 9.17) is 6.42 Å². The maximum absolute atomic E-state index is 12.0. The molecule has 0 bridgehead atoms. The van der Waals surface area contributed by atoms with Gasteiger partial charge in [0.2, 0.25) is 0 Å². The zero-order chi connectivity index (χ0) is 14.0. The first-order valence-corrected chi connectivity index (χ1v) is 7.29. The predicted molar refractivity (Wildman–Crippen MR) is 80.0 cm³/mol. The molecule has 3 atom stereocenters. The molecular weight excluding hydrogens is 306 g/mol. The molecule has 5 heteroatoms. The smallest absolute Gasteiger partial charge is 0.284 e. The summed E-state index contributed by atoms with van der Waals surface area (Å²) in [6.45, 7) is 4.70. The number of terminal acetylenes is 1. The van der Waals surface area contributed by atoms with Crippen molar-refractivity contribution in [2.24, 2.45) is 11.8 Å². The SMILES string of the molecule is C#CCn1ncc(NC2CCC(C)C2C)c(Br)c1=O. The molecule has 1 heterocycles.